The molecule has 114 valence electrons. The van der Waals surface area contributed by atoms with Crippen molar-refractivity contribution in [3.8, 4) is 0 Å². The lowest BCUT2D eigenvalue weighted by Gasteiger charge is -2.61. The summed E-state index contributed by atoms with van der Waals surface area (Å²) in [6.45, 7) is 3.73. The van der Waals surface area contributed by atoms with Gasteiger partial charge in [-0.15, -0.1) is 0 Å². The second-order valence-corrected chi connectivity index (χ2v) is 6.80. The van der Waals surface area contributed by atoms with Gasteiger partial charge in [-0.1, -0.05) is 23.7 Å². The van der Waals surface area contributed by atoms with Crippen molar-refractivity contribution in [3.05, 3.63) is 53.3 Å². The molecular formula is C17H17ClFN3. The summed E-state index contributed by atoms with van der Waals surface area (Å²) >= 11 is 5.80. The minimum absolute atomic E-state index is 0.245. The molecule has 2 aromatic rings. The standard InChI is InChI=1S/C17H17ClFN3/c18-12-5-6-15(13(19)7-12)21-8-17(9-21)10-22(11-17)16-4-2-1-3-14(16)20/h1-7H,8-11,20H2. The first-order chi connectivity index (χ1) is 10.6. The fourth-order valence-electron chi connectivity index (χ4n) is 3.58. The van der Waals surface area contributed by atoms with Crippen LogP contribution in [0.3, 0.4) is 0 Å². The highest BCUT2D eigenvalue weighted by atomic mass is 35.5. The van der Waals surface area contributed by atoms with Crippen LogP contribution in [0.4, 0.5) is 21.5 Å². The number of nitrogen functional groups attached to an aromatic ring is 1. The molecule has 0 unspecified atom stereocenters. The molecule has 2 saturated heterocycles. The summed E-state index contributed by atoms with van der Waals surface area (Å²) in [5.74, 6) is -0.245. The van der Waals surface area contributed by atoms with E-state index in [0.29, 0.717) is 10.7 Å². The van der Waals surface area contributed by atoms with Gasteiger partial charge in [0.05, 0.1) is 17.1 Å². The maximum absolute atomic E-state index is 13.9. The number of hydrogen-bond donors (Lipinski definition) is 1. The fourth-order valence-corrected chi connectivity index (χ4v) is 3.74. The molecule has 2 aliphatic heterocycles. The van der Waals surface area contributed by atoms with Gasteiger partial charge in [0.2, 0.25) is 0 Å². The van der Waals surface area contributed by atoms with E-state index in [1.54, 1.807) is 12.1 Å². The number of nitrogens with two attached hydrogens (primary N) is 1. The Morgan fingerprint density at radius 1 is 0.955 bits per heavy atom. The number of rotatable bonds is 2. The van der Waals surface area contributed by atoms with Crippen LogP contribution in [0.1, 0.15) is 0 Å². The van der Waals surface area contributed by atoms with E-state index < -0.39 is 0 Å². The third kappa shape index (κ3) is 2.10. The minimum atomic E-state index is -0.245. The van der Waals surface area contributed by atoms with Crippen molar-refractivity contribution in [2.75, 3.05) is 41.7 Å². The zero-order valence-electron chi connectivity index (χ0n) is 12.1. The number of halogens is 2. The summed E-state index contributed by atoms with van der Waals surface area (Å²) in [6.07, 6.45) is 0. The Balaban J connectivity index is 1.42. The first-order valence-corrected chi connectivity index (χ1v) is 7.74. The smallest absolute Gasteiger partial charge is 0.147 e. The van der Waals surface area contributed by atoms with Crippen LogP contribution in [0.25, 0.3) is 0 Å². The summed E-state index contributed by atoms with van der Waals surface area (Å²) in [6, 6.07) is 12.8. The molecule has 0 aromatic heterocycles. The van der Waals surface area contributed by atoms with E-state index in [9.17, 15) is 4.39 Å². The SMILES string of the molecule is Nc1ccccc1N1CC2(C1)CN(c1ccc(Cl)cc1F)C2. The van der Waals surface area contributed by atoms with E-state index >= 15 is 0 Å². The van der Waals surface area contributed by atoms with E-state index in [2.05, 4.69) is 15.9 Å². The van der Waals surface area contributed by atoms with Crippen LogP contribution < -0.4 is 15.5 Å². The Morgan fingerprint density at radius 2 is 1.59 bits per heavy atom. The predicted octanol–water partition coefficient (Wildman–Crippen LogP) is 3.39. The third-order valence-corrected chi connectivity index (χ3v) is 4.87. The van der Waals surface area contributed by atoms with Gasteiger partial charge in [-0.05, 0) is 30.3 Å². The number of para-hydroxylation sites is 2. The van der Waals surface area contributed by atoms with Crippen molar-refractivity contribution in [1.82, 2.24) is 0 Å². The van der Waals surface area contributed by atoms with Gasteiger partial charge < -0.3 is 15.5 Å². The van der Waals surface area contributed by atoms with Crippen molar-refractivity contribution >= 4 is 28.7 Å². The molecule has 2 fully saturated rings. The molecule has 4 rings (SSSR count). The number of nitrogens with zero attached hydrogens (tertiary/aromatic N) is 2. The summed E-state index contributed by atoms with van der Waals surface area (Å²) < 4.78 is 13.9. The van der Waals surface area contributed by atoms with Crippen molar-refractivity contribution < 1.29 is 4.39 Å². The van der Waals surface area contributed by atoms with E-state index in [-0.39, 0.29) is 11.2 Å². The fraction of sp³-hybridized carbons (Fsp3) is 0.294. The Kier molecular flexibility index (Phi) is 2.98. The largest absolute Gasteiger partial charge is 0.397 e. The average Bonchev–Trinajstić information content (AvgIpc) is 2.39. The van der Waals surface area contributed by atoms with Gasteiger partial charge in [-0.2, -0.15) is 0 Å². The van der Waals surface area contributed by atoms with Gasteiger partial charge in [0.1, 0.15) is 5.82 Å². The topological polar surface area (TPSA) is 32.5 Å². The third-order valence-electron chi connectivity index (χ3n) is 4.63. The van der Waals surface area contributed by atoms with Crippen LogP contribution in [0.15, 0.2) is 42.5 Å². The van der Waals surface area contributed by atoms with E-state index in [0.717, 1.165) is 37.6 Å². The van der Waals surface area contributed by atoms with E-state index in [1.807, 2.05) is 18.2 Å². The molecule has 0 atom stereocenters. The molecule has 0 saturated carbocycles. The van der Waals surface area contributed by atoms with Crippen LogP contribution in [0, 0.1) is 11.2 Å². The van der Waals surface area contributed by atoms with E-state index in [4.69, 9.17) is 17.3 Å². The molecule has 0 bridgehead atoms. The van der Waals surface area contributed by atoms with Crippen molar-refractivity contribution in [2.24, 2.45) is 5.41 Å². The summed E-state index contributed by atoms with van der Waals surface area (Å²) in [5.41, 5.74) is 8.85. The van der Waals surface area contributed by atoms with Crippen LogP contribution in [-0.4, -0.2) is 26.2 Å². The van der Waals surface area contributed by atoms with Crippen molar-refractivity contribution in [3.63, 3.8) is 0 Å². The number of anilines is 3. The molecule has 2 heterocycles. The molecule has 2 aliphatic rings. The molecule has 1 spiro atoms. The molecule has 3 nitrogen and oxygen atoms in total. The highest BCUT2D eigenvalue weighted by Gasteiger charge is 2.52. The molecule has 2 aromatic carbocycles. The lowest BCUT2D eigenvalue weighted by Crippen LogP contribution is -2.72. The molecule has 0 aliphatic carbocycles. The van der Waals surface area contributed by atoms with Gasteiger partial charge in [0, 0.05) is 36.6 Å². The normalized spacial score (nSPS) is 19.0. The van der Waals surface area contributed by atoms with E-state index in [1.165, 1.54) is 6.07 Å². The summed E-state index contributed by atoms with van der Waals surface area (Å²) in [5, 5.41) is 0.436. The zero-order valence-corrected chi connectivity index (χ0v) is 12.9. The first-order valence-electron chi connectivity index (χ1n) is 7.36. The Bertz CT molecular complexity index is 720. The lowest BCUT2D eigenvalue weighted by molar-refractivity contribution is 0.156. The summed E-state index contributed by atoms with van der Waals surface area (Å²) in [7, 11) is 0. The van der Waals surface area contributed by atoms with Crippen molar-refractivity contribution in [1.29, 1.82) is 0 Å². The number of hydrogen-bond acceptors (Lipinski definition) is 3. The van der Waals surface area contributed by atoms with Gasteiger partial charge in [0.15, 0.2) is 0 Å². The lowest BCUT2D eigenvalue weighted by atomic mass is 9.72. The monoisotopic (exact) mass is 317 g/mol. The average molecular weight is 318 g/mol. The van der Waals surface area contributed by atoms with Crippen molar-refractivity contribution in [2.45, 2.75) is 0 Å². The van der Waals surface area contributed by atoms with Gasteiger partial charge in [-0.3, -0.25) is 0 Å². The second-order valence-electron chi connectivity index (χ2n) is 6.37. The molecule has 0 amide bonds. The summed E-state index contributed by atoms with van der Waals surface area (Å²) in [4.78, 5) is 4.38. The zero-order chi connectivity index (χ0) is 15.3. The van der Waals surface area contributed by atoms with Gasteiger partial charge in [-0.25, -0.2) is 4.39 Å². The molecule has 5 heteroatoms. The minimum Gasteiger partial charge on any atom is -0.397 e. The Morgan fingerprint density at radius 3 is 2.23 bits per heavy atom. The number of benzene rings is 2. The molecule has 22 heavy (non-hydrogen) atoms. The Labute approximate surface area is 134 Å². The Hall–Kier alpha value is -1.94. The molecule has 2 N–H and O–H groups in total. The van der Waals surface area contributed by atoms with Crippen LogP contribution in [-0.2, 0) is 0 Å². The van der Waals surface area contributed by atoms with Gasteiger partial charge in [0.25, 0.3) is 0 Å². The van der Waals surface area contributed by atoms with Crippen LogP contribution in [0.5, 0.6) is 0 Å². The maximum atomic E-state index is 13.9. The van der Waals surface area contributed by atoms with Crippen LogP contribution in [0.2, 0.25) is 5.02 Å². The molecular weight excluding hydrogens is 301 g/mol. The highest BCUT2D eigenvalue weighted by Crippen LogP contribution is 2.45. The van der Waals surface area contributed by atoms with Crippen LogP contribution >= 0.6 is 11.6 Å². The highest BCUT2D eigenvalue weighted by molar-refractivity contribution is 6.30. The van der Waals surface area contributed by atoms with Gasteiger partial charge >= 0.3 is 0 Å². The molecule has 0 radical (unpaired) electrons. The predicted molar refractivity (Wildman–Crippen MR) is 89.1 cm³/mol. The quantitative estimate of drug-likeness (QED) is 0.862. The first kappa shape index (κ1) is 13.7. The second kappa shape index (κ2) is 4.78. The maximum Gasteiger partial charge on any atom is 0.147 e.